The summed E-state index contributed by atoms with van der Waals surface area (Å²) in [7, 11) is 0. The molecular formula is C16H14ClN3S. The van der Waals surface area contributed by atoms with Crippen LogP contribution in [0.25, 0.3) is 10.9 Å². The zero-order valence-electron chi connectivity index (χ0n) is 11.3. The largest absolute Gasteiger partial charge is 0.383 e. The Bertz CT molecular complexity index is 743. The van der Waals surface area contributed by atoms with Crippen LogP contribution in [0.1, 0.15) is 0 Å². The molecule has 21 heavy (non-hydrogen) atoms. The number of nitrogens with one attached hydrogen (secondary N) is 1. The molecule has 0 saturated heterocycles. The van der Waals surface area contributed by atoms with Crippen LogP contribution in [0.4, 0.5) is 5.69 Å². The first kappa shape index (κ1) is 14.2. The standard InChI is InChI=1S/C16H14ClN3S/c17-13-6-2-4-8-15(13)18-9-10-21-16-12-5-1-3-7-14(12)19-11-20-16/h1-8,11,18H,9-10H2. The average Bonchev–Trinajstić information content (AvgIpc) is 2.53. The van der Waals surface area contributed by atoms with E-state index >= 15 is 0 Å². The Morgan fingerprint density at radius 1 is 1.00 bits per heavy atom. The maximum absolute atomic E-state index is 6.11. The second-order valence-corrected chi connectivity index (χ2v) is 5.94. The van der Waals surface area contributed by atoms with E-state index in [1.165, 1.54) is 0 Å². The van der Waals surface area contributed by atoms with Gasteiger partial charge in [-0.3, -0.25) is 0 Å². The molecule has 0 saturated carbocycles. The van der Waals surface area contributed by atoms with Gasteiger partial charge in [0.2, 0.25) is 0 Å². The number of rotatable bonds is 5. The monoisotopic (exact) mass is 315 g/mol. The van der Waals surface area contributed by atoms with Gasteiger partial charge in [-0.2, -0.15) is 0 Å². The van der Waals surface area contributed by atoms with E-state index in [9.17, 15) is 0 Å². The molecule has 1 aromatic heterocycles. The first-order valence-electron chi connectivity index (χ1n) is 6.65. The molecule has 1 N–H and O–H groups in total. The van der Waals surface area contributed by atoms with Gasteiger partial charge in [-0.25, -0.2) is 9.97 Å². The lowest BCUT2D eigenvalue weighted by molar-refractivity contribution is 1.10. The lowest BCUT2D eigenvalue weighted by atomic mass is 10.2. The number of aromatic nitrogens is 2. The van der Waals surface area contributed by atoms with Crippen LogP contribution in [0, 0.1) is 0 Å². The Morgan fingerprint density at radius 2 is 1.81 bits per heavy atom. The van der Waals surface area contributed by atoms with Crippen molar-refractivity contribution in [2.24, 2.45) is 0 Å². The van der Waals surface area contributed by atoms with E-state index in [1.54, 1.807) is 18.1 Å². The smallest absolute Gasteiger partial charge is 0.117 e. The molecule has 0 bridgehead atoms. The molecule has 1 heterocycles. The van der Waals surface area contributed by atoms with Crippen molar-refractivity contribution in [1.82, 2.24) is 9.97 Å². The van der Waals surface area contributed by atoms with Crippen LogP contribution >= 0.6 is 23.4 Å². The normalized spacial score (nSPS) is 10.7. The van der Waals surface area contributed by atoms with Crippen LogP contribution in [0.2, 0.25) is 5.02 Å². The van der Waals surface area contributed by atoms with Crippen molar-refractivity contribution in [3.8, 4) is 0 Å². The molecule has 5 heteroatoms. The fourth-order valence-corrected chi connectivity index (χ4v) is 3.08. The van der Waals surface area contributed by atoms with Gasteiger partial charge in [-0.15, -0.1) is 11.8 Å². The predicted octanol–water partition coefficient (Wildman–Crippen LogP) is 4.49. The highest BCUT2D eigenvalue weighted by atomic mass is 35.5. The zero-order chi connectivity index (χ0) is 14.5. The molecule has 0 amide bonds. The van der Waals surface area contributed by atoms with Gasteiger partial charge in [0.05, 0.1) is 16.2 Å². The number of benzene rings is 2. The van der Waals surface area contributed by atoms with Gasteiger partial charge in [0.1, 0.15) is 11.4 Å². The number of thioether (sulfide) groups is 1. The minimum absolute atomic E-state index is 0.745. The van der Waals surface area contributed by atoms with E-state index in [4.69, 9.17) is 11.6 Å². The minimum Gasteiger partial charge on any atom is -0.383 e. The summed E-state index contributed by atoms with van der Waals surface area (Å²) >= 11 is 7.83. The fourth-order valence-electron chi connectivity index (χ4n) is 2.03. The third-order valence-electron chi connectivity index (χ3n) is 3.04. The molecule has 2 aromatic carbocycles. The van der Waals surface area contributed by atoms with Gasteiger partial charge in [0, 0.05) is 17.7 Å². The quantitative estimate of drug-likeness (QED) is 0.428. The molecule has 0 spiro atoms. The second-order valence-electron chi connectivity index (χ2n) is 4.45. The SMILES string of the molecule is Clc1ccccc1NCCSc1ncnc2ccccc12. The Balaban J connectivity index is 1.61. The summed E-state index contributed by atoms with van der Waals surface area (Å²) in [5.41, 5.74) is 1.95. The van der Waals surface area contributed by atoms with Crippen LogP contribution in [-0.4, -0.2) is 22.3 Å². The average molecular weight is 316 g/mol. The third kappa shape index (κ3) is 3.46. The molecule has 0 radical (unpaired) electrons. The van der Waals surface area contributed by atoms with Crippen molar-refractivity contribution in [2.45, 2.75) is 5.03 Å². The van der Waals surface area contributed by atoms with Crippen LogP contribution in [0.5, 0.6) is 0 Å². The summed E-state index contributed by atoms with van der Waals surface area (Å²) in [5.74, 6) is 0.909. The van der Waals surface area contributed by atoms with Crippen LogP contribution < -0.4 is 5.32 Å². The van der Waals surface area contributed by atoms with Gasteiger partial charge in [0.25, 0.3) is 0 Å². The van der Waals surface area contributed by atoms with E-state index < -0.39 is 0 Å². The lowest BCUT2D eigenvalue weighted by Crippen LogP contribution is -2.04. The van der Waals surface area contributed by atoms with E-state index in [2.05, 4.69) is 21.4 Å². The molecule has 3 aromatic rings. The molecule has 0 aliphatic heterocycles. The third-order valence-corrected chi connectivity index (χ3v) is 4.37. The number of hydrogen-bond donors (Lipinski definition) is 1. The summed E-state index contributed by atoms with van der Waals surface area (Å²) in [6.45, 7) is 0.826. The number of anilines is 1. The Hall–Kier alpha value is -1.78. The summed E-state index contributed by atoms with van der Waals surface area (Å²) in [4.78, 5) is 8.64. The fraction of sp³-hybridized carbons (Fsp3) is 0.125. The molecule has 0 unspecified atom stereocenters. The number of halogens is 1. The highest BCUT2D eigenvalue weighted by Gasteiger charge is 2.03. The predicted molar refractivity (Wildman–Crippen MR) is 90.2 cm³/mol. The van der Waals surface area contributed by atoms with Crippen molar-refractivity contribution < 1.29 is 0 Å². The van der Waals surface area contributed by atoms with Crippen molar-refractivity contribution in [3.63, 3.8) is 0 Å². The van der Waals surface area contributed by atoms with E-state index in [0.29, 0.717) is 0 Å². The highest BCUT2D eigenvalue weighted by molar-refractivity contribution is 7.99. The summed E-state index contributed by atoms with van der Waals surface area (Å²) in [6.07, 6.45) is 1.62. The molecule has 3 nitrogen and oxygen atoms in total. The van der Waals surface area contributed by atoms with E-state index in [-0.39, 0.29) is 0 Å². The van der Waals surface area contributed by atoms with Gasteiger partial charge in [-0.05, 0) is 18.2 Å². The van der Waals surface area contributed by atoms with E-state index in [0.717, 1.165) is 38.9 Å². The van der Waals surface area contributed by atoms with Crippen molar-refractivity contribution in [2.75, 3.05) is 17.6 Å². The number of nitrogens with zero attached hydrogens (tertiary/aromatic N) is 2. The van der Waals surface area contributed by atoms with Crippen molar-refractivity contribution in [3.05, 3.63) is 59.9 Å². The van der Waals surface area contributed by atoms with Crippen LogP contribution in [0.15, 0.2) is 59.9 Å². The molecule has 3 rings (SSSR count). The van der Waals surface area contributed by atoms with Crippen molar-refractivity contribution >= 4 is 40.0 Å². The molecule has 0 aliphatic rings. The van der Waals surface area contributed by atoms with Gasteiger partial charge in [-0.1, -0.05) is 41.9 Å². The number of hydrogen-bond acceptors (Lipinski definition) is 4. The first-order valence-corrected chi connectivity index (χ1v) is 8.02. The maximum Gasteiger partial charge on any atom is 0.117 e. The maximum atomic E-state index is 6.11. The minimum atomic E-state index is 0.745. The molecule has 106 valence electrons. The van der Waals surface area contributed by atoms with Crippen molar-refractivity contribution in [1.29, 1.82) is 0 Å². The molecule has 0 atom stereocenters. The second kappa shape index (κ2) is 6.78. The summed E-state index contributed by atoms with van der Waals surface area (Å²) in [5, 5.41) is 6.20. The zero-order valence-corrected chi connectivity index (χ0v) is 12.9. The van der Waals surface area contributed by atoms with Gasteiger partial charge in [0.15, 0.2) is 0 Å². The highest BCUT2D eigenvalue weighted by Crippen LogP contribution is 2.24. The summed E-state index contributed by atoms with van der Waals surface area (Å²) < 4.78 is 0. The van der Waals surface area contributed by atoms with Gasteiger partial charge >= 0.3 is 0 Å². The number of para-hydroxylation sites is 2. The van der Waals surface area contributed by atoms with Gasteiger partial charge < -0.3 is 5.32 Å². The molecule has 0 aliphatic carbocycles. The molecule has 0 fully saturated rings. The van der Waals surface area contributed by atoms with Crippen LogP contribution in [-0.2, 0) is 0 Å². The van der Waals surface area contributed by atoms with E-state index in [1.807, 2.05) is 42.5 Å². The topological polar surface area (TPSA) is 37.8 Å². The Morgan fingerprint density at radius 3 is 2.71 bits per heavy atom. The first-order chi connectivity index (χ1) is 10.3. The molecular weight excluding hydrogens is 302 g/mol. The summed E-state index contributed by atoms with van der Waals surface area (Å²) in [6, 6.07) is 15.8. The Labute approximate surface area is 132 Å². The van der Waals surface area contributed by atoms with Crippen LogP contribution in [0.3, 0.4) is 0 Å². The Kier molecular flexibility index (Phi) is 4.58. The lowest BCUT2D eigenvalue weighted by Gasteiger charge is -2.08. The number of fused-ring (bicyclic) bond motifs is 1.